The minimum Gasteiger partial charge on any atom is -0.390 e. The smallest absolute Gasteiger partial charge is 0.0809 e. The SMILES string of the molecule is CCC[C@H]1CC[C@H](O)[C@H](C)O1. The first-order valence-corrected chi connectivity index (χ1v) is 4.57. The van der Waals surface area contributed by atoms with Gasteiger partial charge in [0.2, 0.25) is 0 Å². The highest BCUT2D eigenvalue weighted by Crippen LogP contribution is 2.21. The monoisotopic (exact) mass is 158 g/mol. The second kappa shape index (κ2) is 4.07. The summed E-state index contributed by atoms with van der Waals surface area (Å²) < 4.78 is 5.59. The van der Waals surface area contributed by atoms with E-state index in [4.69, 9.17) is 4.74 Å². The van der Waals surface area contributed by atoms with Gasteiger partial charge in [-0.2, -0.15) is 0 Å². The standard InChI is InChI=1S/C9H18O2/c1-3-4-8-5-6-9(10)7(2)11-8/h7-10H,3-6H2,1-2H3/t7-,8-,9-/m0/s1. The summed E-state index contributed by atoms with van der Waals surface area (Å²) in [6.45, 7) is 4.12. The van der Waals surface area contributed by atoms with Crippen molar-refractivity contribution in [1.82, 2.24) is 0 Å². The van der Waals surface area contributed by atoms with Crippen LogP contribution in [0.25, 0.3) is 0 Å². The number of aliphatic hydroxyl groups is 1. The van der Waals surface area contributed by atoms with Crippen LogP contribution in [0.1, 0.15) is 39.5 Å². The summed E-state index contributed by atoms with van der Waals surface area (Å²) in [6.07, 6.45) is 4.46. The molecule has 0 aromatic carbocycles. The van der Waals surface area contributed by atoms with Gasteiger partial charge >= 0.3 is 0 Å². The van der Waals surface area contributed by atoms with Gasteiger partial charge < -0.3 is 9.84 Å². The van der Waals surface area contributed by atoms with E-state index >= 15 is 0 Å². The van der Waals surface area contributed by atoms with E-state index in [2.05, 4.69) is 6.92 Å². The van der Waals surface area contributed by atoms with Gasteiger partial charge in [-0.05, 0) is 26.2 Å². The Morgan fingerprint density at radius 1 is 1.45 bits per heavy atom. The molecule has 0 aromatic heterocycles. The Kier molecular flexibility index (Phi) is 3.34. The number of hydrogen-bond donors (Lipinski definition) is 1. The maximum atomic E-state index is 9.34. The fourth-order valence-corrected chi connectivity index (χ4v) is 1.59. The van der Waals surface area contributed by atoms with Gasteiger partial charge in [-0.1, -0.05) is 13.3 Å². The molecule has 0 spiro atoms. The van der Waals surface area contributed by atoms with Crippen molar-refractivity contribution in [2.45, 2.75) is 57.8 Å². The van der Waals surface area contributed by atoms with Gasteiger partial charge in [0.25, 0.3) is 0 Å². The van der Waals surface area contributed by atoms with Crippen LogP contribution >= 0.6 is 0 Å². The molecule has 2 heteroatoms. The van der Waals surface area contributed by atoms with Gasteiger partial charge in [0, 0.05) is 0 Å². The third-order valence-electron chi connectivity index (χ3n) is 2.34. The van der Waals surface area contributed by atoms with E-state index in [1.54, 1.807) is 0 Å². The van der Waals surface area contributed by atoms with Crippen molar-refractivity contribution < 1.29 is 9.84 Å². The molecule has 2 nitrogen and oxygen atoms in total. The van der Waals surface area contributed by atoms with Crippen LogP contribution < -0.4 is 0 Å². The van der Waals surface area contributed by atoms with Crippen LogP contribution in [-0.2, 0) is 4.74 Å². The van der Waals surface area contributed by atoms with Crippen LogP contribution in [0.4, 0.5) is 0 Å². The molecule has 0 amide bonds. The van der Waals surface area contributed by atoms with E-state index in [9.17, 15) is 5.11 Å². The number of ether oxygens (including phenoxy) is 1. The Morgan fingerprint density at radius 3 is 2.73 bits per heavy atom. The lowest BCUT2D eigenvalue weighted by Gasteiger charge is -2.31. The minimum absolute atomic E-state index is 0.0419. The highest BCUT2D eigenvalue weighted by molar-refractivity contribution is 4.74. The molecule has 0 aliphatic carbocycles. The highest BCUT2D eigenvalue weighted by atomic mass is 16.5. The Morgan fingerprint density at radius 2 is 2.18 bits per heavy atom. The van der Waals surface area contributed by atoms with Gasteiger partial charge in [0.1, 0.15) is 0 Å². The van der Waals surface area contributed by atoms with E-state index in [1.807, 2.05) is 6.92 Å². The summed E-state index contributed by atoms with van der Waals surface area (Å²) in [7, 11) is 0. The van der Waals surface area contributed by atoms with E-state index in [0.717, 1.165) is 19.3 Å². The van der Waals surface area contributed by atoms with Crippen molar-refractivity contribution in [3.05, 3.63) is 0 Å². The van der Waals surface area contributed by atoms with Crippen LogP contribution in [0.2, 0.25) is 0 Å². The zero-order valence-corrected chi connectivity index (χ0v) is 7.42. The Hall–Kier alpha value is -0.0800. The fourth-order valence-electron chi connectivity index (χ4n) is 1.59. The lowest BCUT2D eigenvalue weighted by molar-refractivity contribution is -0.110. The lowest BCUT2D eigenvalue weighted by atomic mass is 9.99. The second-order valence-electron chi connectivity index (χ2n) is 3.40. The van der Waals surface area contributed by atoms with E-state index < -0.39 is 0 Å². The quantitative estimate of drug-likeness (QED) is 0.663. The molecule has 1 N–H and O–H groups in total. The molecule has 1 saturated heterocycles. The molecule has 0 saturated carbocycles. The van der Waals surface area contributed by atoms with Crippen LogP contribution in [0, 0.1) is 0 Å². The van der Waals surface area contributed by atoms with Gasteiger partial charge in [-0.25, -0.2) is 0 Å². The maximum Gasteiger partial charge on any atom is 0.0809 e. The highest BCUT2D eigenvalue weighted by Gasteiger charge is 2.25. The Balaban J connectivity index is 2.28. The second-order valence-corrected chi connectivity index (χ2v) is 3.40. The van der Waals surface area contributed by atoms with Crippen molar-refractivity contribution in [3.8, 4) is 0 Å². The molecule has 3 atom stereocenters. The lowest BCUT2D eigenvalue weighted by Crippen LogP contribution is -2.36. The summed E-state index contributed by atoms with van der Waals surface area (Å²) in [6, 6.07) is 0. The average Bonchev–Trinajstić information content (AvgIpc) is 1.98. The molecular weight excluding hydrogens is 140 g/mol. The molecule has 0 aromatic rings. The van der Waals surface area contributed by atoms with Gasteiger partial charge in [0.15, 0.2) is 0 Å². The summed E-state index contributed by atoms with van der Waals surface area (Å²) in [4.78, 5) is 0. The molecule has 0 bridgehead atoms. The summed E-state index contributed by atoms with van der Waals surface area (Å²) in [5, 5.41) is 9.34. The first-order valence-electron chi connectivity index (χ1n) is 4.57. The van der Waals surface area contributed by atoms with E-state index in [-0.39, 0.29) is 12.2 Å². The van der Waals surface area contributed by atoms with Crippen LogP contribution in [-0.4, -0.2) is 23.4 Å². The first kappa shape index (κ1) is 9.01. The summed E-state index contributed by atoms with van der Waals surface area (Å²) >= 11 is 0. The van der Waals surface area contributed by atoms with E-state index in [0.29, 0.717) is 6.10 Å². The molecule has 1 heterocycles. The first-order chi connectivity index (χ1) is 5.24. The van der Waals surface area contributed by atoms with Gasteiger partial charge in [0.05, 0.1) is 18.3 Å². The predicted molar refractivity (Wildman–Crippen MR) is 44.5 cm³/mol. The van der Waals surface area contributed by atoms with Crippen LogP contribution in [0.5, 0.6) is 0 Å². The molecule has 66 valence electrons. The Bertz CT molecular complexity index is 114. The third-order valence-corrected chi connectivity index (χ3v) is 2.34. The van der Waals surface area contributed by atoms with Crippen molar-refractivity contribution in [2.24, 2.45) is 0 Å². The van der Waals surface area contributed by atoms with Gasteiger partial charge in [-0.3, -0.25) is 0 Å². The average molecular weight is 158 g/mol. The van der Waals surface area contributed by atoms with Crippen molar-refractivity contribution in [2.75, 3.05) is 0 Å². The topological polar surface area (TPSA) is 29.5 Å². The number of aliphatic hydroxyl groups excluding tert-OH is 1. The fraction of sp³-hybridized carbons (Fsp3) is 1.00. The number of hydrogen-bond acceptors (Lipinski definition) is 2. The maximum absolute atomic E-state index is 9.34. The molecule has 1 aliphatic rings. The predicted octanol–water partition coefficient (Wildman–Crippen LogP) is 1.71. The molecule has 0 radical (unpaired) electrons. The van der Waals surface area contributed by atoms with Crippen LogP contribution in [0.3, 0.4) is 0 Å². The molecule has 1 fully saturated rings. The zero-order valence-electron chi connectivity index (χ0n) is 7.42. The molecule has 11 heavy (non-hydrogen) atoms. The van der Waals surface area contributed by atoms with Crippen molar-refractivity contribution in [1.29, 1.82) is 0 Å². The third kappa shape index (κ3) is 2.46. The molecule has 1 aliphatic heterocycles. The Labute approximate surface area is 68.6 Å². The number of rotatable bonds is 2. The van der Waals surface area contributed by atoms with Crippen molar-refractivity contribution in [3.63, 3.8) is 0 Å². The summed E-state index contributed by atoms with van der Waals surface area (Å²) in [5.41, 5.74) is 0. The van der Waals surface area contributed by atoms with Crippen molar-refractivity contribution >= 4 is 0 Å². The minimum atomic E-state index is -0.233. The summed E-state index contributed by atoms with van der Waals surface area (Å²) in [5.74, 6) is 0. The largest absolute Gasteiger partial charge is 0.390 e. The normalized spacial score (nSPS) is 39.0. The van der Waals surface area contributed by atoms with Crippen LogP contribution in [0.15, 0.2) is 0 Å². The van der Waals surface area contributed by atoms with E-state index in [1.165, 1.54) is 6.42 Å². The molecular formula is C9H18O2. The molecule has 1 rings (SSSR count). The zero-order chi connectivity index (χ0) is 8.27. The molecule has 0 unspecified atom stereocenters. The van der Waals surface area contributed by atoms with Gasteiger partial charge in [-0.15, -0.1) is 0 Å².